The number of aromatic hydroxyl groups is 1. The fourth-order valence-corrected chi connectivity index (χ4v) is 2.64. The molecule has 0 unspecified atom stereocenters. The number of aryl methyl sites for hydroxylation is 1. The Hall–Kier alpha value is -1.76. The van der Waals surface area contributed by atoms with E-state index in [2.05, 4.69) is 5.32 Å². The molecule has 1 aromatic carbocycles. The zero-order valence-electron chi connectivity index (χ0n) is 12.3. The molecular weight excluding hydrogens is 297 g/mol. The number of rotatable bonds is 4. The quantitative estimate of drug-likeness (QED) is 0.896. The summed E-state index contributed by atoms with van der Waals surface area (Å²) in [7, 11) is 0. The maximum Gasteiger partial charge on any atom is 0.401 e. The van der Waals surface area contributed by atoms with Crippen molar-refractivity contribution in [2.45, 2.75) is 19.5 Å². The molecule has 1 atom stereocenters. The van der Waals surface area contributed by atoms with Crippen LogP contribution in [0.1, 0.15) is 22.3 Å². The van der Waals surface area contributed by atoms with Crippen molar-refractivity contribution in [3.8, 4) is 5.75 Å². The molecule has 4 nitrogen and oxygen atoms in total. The Morgan fingerprint density at radius 3 is 2.86 bits per heavy atom. The van der Waals surface area contributed by atoms with Crippen LogP contribution in [0.3, 0.4) is 0 Å². The number of phenolic OH excluding ortho intramolecular Hbond substituents is 1. The third kappa shape index (κ3) is 4.62. The Morgan fingerprint density at radius 2 is 2.18 bits per heavy atom. The molecule has 1 aromatic rings. The second-order valence-corrected chi connectivity index (χ2v) is 5.74. The van der Waals surface area contributed by atoms with E-state index in [4.69, 9.17) is 0 Å². The molecule has 22 heavy (non-hydrogen) atoms. The summed E-state index contributed by atoms with van der Waals surface area (Å²) in [5, 5.41) is 12.4. The van der Waals surface area contributed by atoms with Gasteiger partial charge in [-0.05, 0) is 37.9 Å². The van der Waals surface area contributed by atoms with Gasteiger partial charge in [-0.15, -0.1) is 0 Å². The molecule has 0 spiro atoms. The predicted octanol–water partition coefficient (Wildman–Crippen LogP) is 2.31. The van der Waals surface area contributed by atoms with Crippen LogP contribution in [0.25, 0.3) is 0 Å². The summed E-state index contributed by atoms with van der Waals surface area (Å²) in [4.78, 5) is 13.4. The molecule has 122 valence electrons. The first-order chi connectivity index (χ1) is 10.2. The molecule has 1 amide bonds. The molecule has 7 heteroatoms. The van der Waals surface area contributed by atoms with Crippen molar-refractivity contribution in [3.05, 3.63) is 29.3 Å². The highest BCUT2D eigenvalue weighted by Crippen LogP contribution is 2.23. The highest BCUT2D eigenvalue weighted by Gasteiger charge is 2.34. The van der Waals surface area contributed by atoms with Gasteiger partial charge in [0.05, 0.1) is 12.1 Å². The van der Waals surface area contributed by atoms with Crippen molar-refractivity contribution in [1.82, 2.24) is 10.2 Å². The smallest absolute Gasteiger partial charge is 0.401 e. The molecule has 0 radical (unpaired) electrons. The van der Waals surface area contributed by atoms with Crippen LogP contribution in [-0.4, -0.2) is 48.3 Å². The number of alkyl halides is 3. The largest absolute Gasteiger partial charge is 0.507 e. The number of hydrogen-bond donors (Lipinski definition) is 2. The van der Waals surface area contributed by atoms with Gasteiger partial charge in [0.1, 0.15) is 5.75 Å². The van der Waals surface area contributed by atoms with E-state index in [0.717, 1.165) is 5.56 Å². The average Bonchev–Trinajstić information content (AvgIpc) is 2.84. The third-order valence-electron chi connectivity index (χ3n) is 3.72. The third-order valence-corrected chi connectivity index (χ3v) is 3.72. The molecule has 1 aliphatic rings. The summed E-state index contributed by atoms with van der Waals surface area (Å²) in [6.45, 7) is 1.91. The summed E-state index contributed by atoms with van der Waals surface area (Å²) in [6.07, 6.45) is -3.57. The first-order valence-electron chi connectivity index (χ1n) is 7.11. The monoisotopic (exact) mass is 316 g/mol. The van der Waals surface area contributed by atoms with Crippen LogP contribution in [0.5, 0.6) is 5.75 Å². The molecule has 0 bridgehead atoms. The Balaban J connectivity index is 1.84. The summed E-state index contributed by atoms with van der Waals surface area (Å²) in [5.74, 6) is -0.512. The second-order valence-electron chi connectivity index (χ2n) is 5.74. The maximum absolute atomic E-state index is 12.3. The van der Waals surface area contributed by atoms with Gasteiger partial charge in [0, 0.05) is 13.1 Å². The molecule has 0 aromatic heterocycles. The van der Waals surface area contributed by atoms with Crippen LogP contribution in [0.15, 0.2) is 18.2 Å². The van der Waals surface area contributed by atoms with Crippen molar-refractivity contribution in [3.63, 3.8) is 0 Å². The summed E-state index contributed by atoms with van der Waals surface area (Å²) in [6, 6.07) is 4.72. The van der Waals surface area contributed by atoms with Crippen LogP contribution in [0.4, 0.5) is 13.2 Å². The standard InChI is InChI=1S/C15H19F3N2O2/c1-10-2-3-13(21)12(6-10)14(22)19-7-11-4-5-20(8-11)9-15(16,17)18/h2-3,6,11,21H,4-5,7-9H2,1H3,(H,19,22)/t11-/m0/s1. The van der Waals surface area contributed by atoms with E-state index >= 15 is 0 Å². The number of benzene rings is 1. The number of nitrogens with zero attached hydrogens (tertiary/aromatic N) is 1. The molecule has 1 fully saturated rings. The number of phenols is 1. The number of carbonyl (C=O) groups excluding carboxylic acids is 1. The van der Waals surface area contributed by atoms with Gasteiger partial charge in [0.2, 0.25) is 0 Å². The van der Waals surface area contributed by atoms with E-state index in [9.17, 15) is 23.1 Å². The van der Waals surface area contributed by atoms with E-state index in [1.165, 1.54) is 11.0 Å². The summed E-state index contributed by atoms with van der Waals surface area (Å²) >= 11 is 0. The first-order valence-corrected chi connectivity index (χ1v) is 7.11. The molecule has 1 heterocycles. The van der Waals surface area contributed by atoms with E-state index in [-0.39, 0.29) is 17.2 Å². The van der Waals surface area contributed by atoms with E-state index in [1.807, 2.05) is 6.92 Å². The van der Waals surface area contributed by atoms with E-state index < -0.39 is 18.6 Å². The Kier molecular flexibility index (Phi) is 4.95. The fourth-order valence-electron chi connectivity index (χ4n) is 2.64. The van der Waals surface area contributed by atoms with Crippen LogP contribution in [0, 0.1) is 12.8 Å². The molecule has 2 rings (SSSR count). The Bertz CT molecular complexity index is 546. The zero-order chi connectivity index (χ0) is 16.3. The van der Waals surface area contributed by atoms with Gasteiger partial charge < -0.3 is 10.4 Å². The average molecular weight is 316 g/mol. The zero-order valence-corrected chi connectivity index (χ0v) is 12.3. The Labute approximate surface area is 126 Å². The lowest BCUT2D eigenvalue weighted by atomic mass is 10.1. The molecule has 1 aliphatic heterocycles. The second kappa shape index (κ2) is 6.56. The molecular formula is C15H19F3N2O2. The van der Waals surface area contributed by atoms with Gasteiger partial charge in [-0.1, -0.05) is 11.6 Å². The number of likely N-dealkylation sites (tertiary alicyclic amines) is 1. The lowest BCUT2D eigenvalue weighted by Gasteiger charge is -2.18. The maximum atomic E-state index is 12.3. The predicted molar refractivity (Wildman–Crippen MR) is 75.8 cm³/mol. The van der Waals surface area contributed by atoms with Gasteiger partial charge in [-0.3, -0.25) is 9.69 Å². The molecule has 2 N–H and O–H groups in total. The first kappa shape index (κ1) is 16.6. The number of nitrogens with one attached hydrogen (secondary N) is 1. The van der Waals surface area contributed by atoms with Gasteiger partial charge in [0.15, 0.2) is 0 Å². The van der Waals surface area contributed by atoms with Crippen molar-refractivity contribution < 1.29 is 23.1 Å². The van der Waals surface area contributed by atoms with Crippen molar-refractivity contribution >= 4 is 5.91 Å². The lowest BCUT2D eigenvalue weighted by molar-refractivity contribution is -0.143. The van der Waals surface area contributed by atoms with Crippen molar-refractivity contribution in [2.24, 2.45) is 5.92 Å². The van der Waals surface area contributed by atoms with Gasteiger partial charge >= 0.3 is 6.18 Å². The fraction of sp³-hybridized carbons (Fsp3) is 0.533. The minimum Gasteiger partial charge on any atom is -0.507 e. The molecule has 0 saturated carbocycles. The van der Waals surface area contributed by atoms with Gasteiger partial charge in [-0.25, -0.2) is 0 Å². The van der Waals surface area contributed by atoms with Crippen LogP contribution in [0.2, 0.25) is 0 Å². The summed E-state index contributed by atoms with van der Waals surface area (Å²) < 4.78 is 36.9. The normalized spacial score (nSPS) is 19.4. The van der Waals surface area contributed by atoms with Gasteiger partial charge in [0.25, 0.3) is 5.91 Å². The number of halogens is 3. The minimum absolute atomic E-state index is 0.00162. The van der Waals surface area contributed by atoms with Gasteiger partial charge in [-0.2, -0.15) is 13.2 Å². The summed E-state index contributed by atoms with van der Waals surface area (Å²) in [5.41, 5.74) is 1.03. The number of hydrogen-bond acceptors (Lipinski definition) is 3. The lowest BCUT2D eigenvalue weighted by Crippen LogP contribution is -2.34. The number of carbonyl (C=O) groups is 1. The highest BCUT2D eigenvalue weighted by atomic mass is 19.4. The molecule has 0 aliphatic carbocycles. The minimum atomic E-state index is -4.19. The van der Waals surface area contributed by atoms with E-state index in [0.29, 0.717) is 26.1 Å². The Morgan fingerprint density at radius 1 is 1.45 bits per heavy atom. The SMILES string of the molecule is Cc1ccc(O)c(C(=O)NC[C@@H]2CCN(CC(F)(F)F)C2)c1. The van der Waals surface area contributed by atoms with Crippen molar-refractivity contribution in [2.75, 3.05) is 26.2 Å². The van der Waals surface area contributed by atoms with Crippen LogP contribution < -0.4 is 5.32 Å². The van der Waals surface area contributed by atoms with E-state index in [1.54, 1.807) is 12.1 Å². The highest BCUT2D eigenvalue weighted by molar-refractivity contribution is 5.96. The number of amides is 1. The topological polar surface area (TPSA) is 52.6 Å². The van der Waals surface area contributed by atoms with Crippen LogP contribution in [-0.2, 0) is 0 Å². The van der Waals surface area contributed by atoms with Crippen molar-refractivity contribution in [1.29, 1.82) is 0 Å². The molecule has 1 saturated heterocycles. The van der Waals surface area contributed by atoms with Crippen LogP contribution >= 0.6 is 0 Å².